The van der Waals surface area contributed by atoms with Crippen LogP contribution in [0, 0.1) is 0 Å². The van der Waals surface area contributed by atoms with Gasteiger partial charge in [-0.15, -0.1) is 0 Å². The summed E-state index contributed by atoms with van der Waals surface area (Å²) in [5.74, 6) is 0.117. The van der Waals surface area contributed by atoms with Crippen molar-refractivity contribution in [2.45, 2.75) is 32.7 Å². The number of carbonyl (C=O) groups excluding carboxylic acids is 1. The molecule has 1 aromatic carbocycles. The first-order chi connectivity index (χ1) is 9.74. The first-order valence-corrected chi connectivity index (χ1v) is 7.59. The van der Waals surface area contributed by atoms with E-state index in [0.29, 0.717) is 0 Å². The number of anilines is 1. The fourth-order valence-corrected chi connectivity index (χ4v) is 2.64. The second kappa shape index (κ2) is 7.29. The van der Waals surface area contributed by atoms with Gasteiger partial charge < -0.3 is 15.5 Å². The summed E-state index contributed by atoms with van der Waals surface area (Å²) in [6.07, 6.45) is 1.84. The SMILES string of the molecule is CCN(CC)CCNC(=O)C1CCc2ccccc2N1. The molecule has 20 heavy (non-hydrogen) atoms. The van der Waals surface area contributed by atoms with Crippen molar-refractivity contribution in [3.05, 3.63) is 29.8 Å². The highest BCUT2D eigenvalue weighted by Gasteiger charge is 2.23. The van der Waals surface area contributed by atoms with Gasteiger partial charge in [0, 0.05) is 18.8 Å². The number of carbonyl (C=O) groups is 1. The second-order valence-corrected chi connectivity index (χ2v) is 5.21. The van der Waals surface area contributed by atoms with Crippen molar-refractivity contribution < 1.29 is 4.79 Å². The third-order valence-corrected chi connectivity index (χ3v) is 3.99. The summed E-state index contributed by atoms with van der Waals surface area (Å²) in [6, 6.07) is 8.13. The normalized spacial score (nSPS) is 17.4. The number of amides is 1. The standard InChI is InChI=1S/C16H25N3O/c1-3-19(4-2)12-11-17-16(20)15-10-9-13-7-5-6-8-14(13)18-15/h5-8,15,18H,3-4,9-12H2,1-2H3,(H,17,20). The molecule has 4 heteroatoms. The lowest BCUT2D eigenvalue weighted by molar-refractivity contribution is -0.122. The molecule has 1 aliphatic rings. The van der Waals surface area contributed by atoms with Crippen LogP contribution in [-0.2, 0) is 11.2 Å². The lowest BCUT2D eigenvalue weighted by Gasteiger charge is -2.26. The van der Waals surface area contributed by atoms with Gasteiger partial charge in [0.1, 0.15) is 6.04 Å². The monoisotopic (exact) mass is 275 g/mol. The topological polar surface area (TPSA) is 44.4 Å². The summed E-state index contributed by atoms with van der Waals surface area (Å²) in [5, 5.41) is 6.38. The van der Waals surface area contributed by atoms with E-state index in [-0.39, 0.29) is 11.9 Å². The predicted molar refractivity (Wildman–Crippen MR) is 83.0 cm³/mol. The molecule has 0 spiro atoms. The van der Waals surface area contributed by atoms with Crippen LogP contribution >= 0.6 is 0 Å². The number of benzene rings is 1. The van der Waals surface area contributed by atoms with Gasteiger partial charge >= 0.3 is 0 Å². The Labute approximate surface area is 121 Å². The molecule has 1 heterocycles. The molecule has 1 aliphatic heterocycles. The lowest BCUT2D eigenvalue weighted by atomic mass is 9.98. The molecule has 0 aromatic heterocycles. The van der Waals surface area contributed by atoms with Crippen LogP contribution in [-0.4, -0.2) is 43.0 Å². The molecule has 0 radical (unpaired) electrons. The predicted octanol–water partition coefficient (Wildman–Crippen LogP) is 1.87. The Morgan fingerprint density at radius 2 is 2.10 bits per heavy atom. The van der Waals surface area contributed by atoms with Crippen molar-refractivity contribution in [1.29, 1.82) is 0 Å². The Morgan fingerprint density at radius 3 is 2.85 bits per heavy atom. The molecule has 0 saturated heterocycles. The zero-order chi connectivity index (χ0) is 14.4. The summed E-state index contributed by atoms with van der Waals surface area (Å²) >= 11 is 0. The molecule has 2 rings (SSSR count). The fourth-order valence-electron chi connectivity index (χ4n) is 2.64. The highest BCUT2D eigenvalue weighted by molar-refractivity contribution is 5.85. The zero-order valence-electron chi connectivity index (χ0n) is 12.5. The summed E-state index contributed by atoms with van der Waals surface area (Å²) in [4.78, 5) is 14.5. The van der Waals surface area contributed by atoms with Gasteiger partial charge in [0.15, 0.2) is 0 Å². The minimum Gasteiger partial charge on any atom is -0.373 e. The average Bonchev–Trinajstić information content (AvgIpc) is 2.51. The van der Waals surface area contributed by atoms with Crippen LogP contribution in [0.25, 0.3) is 0 Å². The fraction of sp³-hybridized carbons (Fsp3) is 0.562. The number of hydrogen-bond donors (Lipinski definition) is 2. The molecule has 0 saturated carbocycles. The molecular weight excluding hydrogens is 250 g/mol. The minimum absolute atomic E-state index is 0.0957. The highest BCUT2D eigenvalue weighted by atomic mass is 16.2. The summed E-state index contributed by atoms with van der Waals surface area (Å²) in [7, 11) is 0. The van der Waals surface area contributed by atoms with E-state index in [2.05, 4.69) is 35.4 Å². The van der Waals surface area contributed by atoms with Crippen molar-refractivity contribution in [3.8, 4) is 0 Å². The number of fused-ring (bicyclic) bond motifs is 1. The Morgan fingerprint density at radius 1 is 1.35 bits per heavy atom. The van der Waals surface area contributed by atoms with E-state index in [4.69, 9.17) is 0 Å². The van der Waals surface area contributed by atoms with Gasteiger partial charge in [-0.2, -0.15) is 0 Å². The maximum atomic E-state index is 12.2. The second-order valence-electron chi connectivity index (χ2n) is 5.21. The van der Waals surface area contributed by atoms with Gasteiger partial charge in [-0.25, -0.2) is 0 Å². The zero-order valence-corrected chi connectivity index (χ0v) is 12.5. The van der Waals surface area contributed by atoms with Crippen molar-refractivity contribution in [2.75, 3.05) is 31.5 Å². The van der Waals surface area contributed by atoms with E-state index in [1.807, 2.05) is 18.2 Å². The smallest absolute Gasteiger partial charge is 0.242 e. The Hall–Kier alpha value is -1.55. The van der Waals surface area contributed by atoms with Crippen LogP contribution in [0.5, 0.6) is 0 Å². The first kappa shape index (κ1) is 14.9. The van der Waals surface area contributed by atoms with Crippen LogP contribution in [0.2, 0.25) is 0 Å². The van der Waals surface area contributed by atoms with Crippen molar-refractivity contribution in [2.24, 2.45) is 0 Å². The van der Waals surface area contributed by atoms with Crippen LogP contribution < -0.4 is 10.6 Å². The summed E-state index contributed by atoms with van der Waals surface area (Å²) in [6.45, 7) is 7.99. The molecule has 2 N–H and O–H groups in total. The molecule has 0 aliphatic carbocycles. The van der Waals surface area contributed by atoms with Gasteiger partial charge in [-0.1, -0.05) is 32.0 Å². The number of likely N-dealkylation sites (N-methyl/N-ethyl adjacent to an activating group) is 1. The van der Waals surface area contributed by atoms with Crippen molar-refractivity contribution in [1.82, 2.24) is 10.2 Å². The van der Waals surface area contributed by atoms with E-state index >= 15 is 0 Å². The lowest BCUT2D eigenvalue weighted by Crippen LogP contribution is -2.44. The van der Waals surface area contributed by atoms with E-state index in [0.717, 1.165) is 44.7 Å². The van der Waals surface area contributed by atoms with Crippen LogP contribution in [0.15, 0.2) is 24.3 Å². The van der Waals surface area contributed by atoms with Gasteiger partial charge in [-0.3, -0.25) is 4.79 Å². The minimum atomic E-state index is -0.0957. The number of para-hydroxylation sites is 1. The van der Waals surface area contributed by atoms with Crippen molar-refractivity contribution in [3.63, 3.8) is 0 Å². The van der Waals surface area contributed by atoms with Crippen LogP contribution in [0.1, 0.15) is 25.8 Å². The third kappa shape index (κ3) is 3.73. The van der Waals surface area contributed by atoms with Crippen LogP contribution in [0.4, 0.5) is 5.69 Å². The Balaban J connectivity index is 1.80. The molecule has 1 unspecified atom stereocenters. The number of nitrogens with zero attached hydrogens (tertiary/aromatic N) is 1. The highest BCUT2D eigenvalue weighted by Crippen LogP contribution is 2.24. The molecule has 110 valence electrons. The molecule has 1 atom stereocenters. The number of rotatable bonds is 6. The number of aryl methyl sites for hydroxylation is 1. The van der Waals surface area contributed by atoms with E-state index in [9.17, 15) is 4.79 Å². The quantitative estimate of drug-likeness (QED) is 0.833. The molecule has 0 bridgehead atoms. The summed E-state index contributed by atoms with van der Waals surface area (Å²) in [5.41, 5.74) is 2.40. The van der Waals surface area contributed by atoms with Gasteiger partial charge in [0.05, 0.1) is 0 Å². The molecule has 1 aromatic rings. The van der Waals surface area contributed by atoms with Gasteiger partial charge in [-0.05, 0) is 37.6 Å². The van der Waals surface area contributed by atoms with E-state index < -0.39 is 0 Å². The molecule has 1 amide bonds. The van der Waals surface area contributed by atoms with Gasteiger partial charge in [0.25, 0.3) is 0 Å². The van der Waals surface area contributed by atoms with E-state index in [1.165, 1.54) is 5.56 Å². The van der Waals surface area contributed by atoms with Crippen molar-refractivity contribution >= 4 is 11.6 Å². The Bertz CT molecular complexity index is 443. The Kier molecular flexibility index (Phi) is 5.41. The largest absolute Gasteiger partial charge is 0.373 e. The molecule has 4 nitrogen and oxygen atoms in total. The maximum absolute atomic E-state index is 12.2. The van der Waals surface area contributed by atoms with Gasteiger partial charge in [0.2, 0.25) is 5.91 Å². The maximum Gasteiger partial charge on any atom is 0.242 e. The first-order valence-electron chi connectivity index (χ1n) is 7.59. The van der Waals surface area contributed by atoms with E-state index in [1.54, 1.807) is 0 Å². The number of hydrogen-bond acceptors (Lipinski definition) is 3. The number of nitrogens with one attached hydrogen (secondary N) is 2. The third-order valence-electron chi connectivity index (χ3n) is 3.99. The van der Waals surface area contributed by atoms with Crippen LogP contribution in [0.3, 0.4) is 0 Å². The molecule has 0 fully saturated rings. The average molecular weight is 275 g/mol. The summed E-state index contributed by atoms with van der Waals surface area (Å²) < 4.78 is 0. The molecular formula is C16H25N3O.